The maximum atomic E-state index is 13.5. The highest BCUT2D eigenvalue weighted by molar-refractivity contribution is 5.07. The van der Waals surface area contributed by atoms with Crippen molar-refractivity contribution in [1.29, 1.82) is 0 Å². The fraction of sp³-hybridized carbons (Fsp3) is 0.778. The molecule has 8 heteroatoms. The predicted molar refractivity (Wildman–Crippen MR) is 49.9 cm³/mol. The molecule has 0 N–H and O–H groups in total. The van der Waals surface area contributed by atoms with Crippen LogP contribution in [0, 0.1) is 0 Å². The Morgan fingerprint density at radius 2 is 1.65 bits per heavy atom. The van der Waals surface area contributed by atoms with Crippen LogP contribution in [0.25, 0.3) is 0 Å². The van der Waals surface area contributed by atoms with Crippen molar-refractivity contribution < 1.29 is 31.4 Å². The maximum absolute atomic E-state index is 13.5. The highest BCUT2D eigenvalue weighted by atomic mass is 19.4. The Hall–Kier alpha value is -0.760. The van der Waals surface area contributed by atoms with Crippen LogP contribution in [0.4, 0.5) is 26.7 Å². The largest absolute Gasteiger partial charge is 0.430 e. The summed E-state index contributed by atoms with van der Waals surface area (Å²) in [7, 11) is 0. The van der Waals surface area contributed by atoms with Crippen LogP contribution in [-0.4, -0.2) is 49.3 Å². The highest BCUT2D eigenvalue weighted by Gasteiger charge is 2.61. The summed E-state index contributed by atoms with van der Waals surface area (Å²) in [5, 5.41) is 0. The van der Waals surface area contributed by atoms with Gasteiger partial charge in [-0.2, -0.15) is 13.2 Å². The quantitative estimate of drug-likeness (QED) is 0.441. The summed E-state index contributed by atoms with van der Waals surface area (Å²) in [6.45, 7) is 2.75. The third-order valence-electron chi connectivity index (χ3n) is 2.44. The third-order valence-corrected chi connectivity index (χ3v) is 2.44. The van der Waals surface area contributed by atoms with Gasteiger partial charge < -0.3 is 4.74 Å². The van der Waals surface area contributed by atoms with Gasteiger partial charge in [-0.25, -0.2) is 8.78 Å². The van der Waals surface area contributed by atoms with Crippen LogP contribution in [-0.2, 0) is 4.74 Å². The highest BCUT2D eigenvalue weighted by Crippen LogP contribution is 2.40. The van der Waals surface area contributed by atoms with Crippen molar-refractivity contribution in [2.75, 3.05) is 26.3 Å². The topological polar surface area (TPSA) is 12.5 Å². The molecule has 0 spiro atoms. The molecule has 0 radical (unpaired) electrons. The molecule has 2 unspecified atom stereocenters. The Morgan fingerprint density at radius 1 is 1.18 bits per heavy atom. The third kappa shape index (κ3) is 3.12. The first-order valence-corrected chi connectivity index (χ1v) is 4.68. The number of morpholine rings is 1. The Morgan fingerprint density at radius 3 is 2.00 bits per heavy atom. The van der Waals surface area contributed by atoms with Gasteiger partial charge >= 0.3 is 6.18 Å². The lowest BCUT2D eigenvalue weighted by Gasteiger charge is -2.37. The first kappa shape index (κ1) is 16.2. The van der Waals surface area contributed by atoms with E-state index in [2.05, 4.69) is 6.58 Å². The lowest BCUT2D eigenvalue weighted by molar-refractivity contribution is -0.252. The Bertz CT molecular complexity index is 252. The molecule has 1 fully saturated rings. The SMILES string of the molecule is C=CC(F)(C(F)N1CCOCC1)C(F)(F)F.F. The van der Waals surface area contributed by atoms with E-state index in [0.717, 1.165) is 4.90 Å². The van der Waals surface area contributed by atoms with Crippen molar-refractivity contribution >= 4 is 0 Å². The van der Waals surface area contributed by atoms with E-state index in [9.17, 15) is 22.0 Å². The van der Waals surface area contributed by atoms with E-state index in [4.69, 9.17) is 4.74 Å². The van der Waals surface area contributed by atoms with E-state index < -0.39 is 18.1 Å². The molecule has 0 saturated carbocycles. The van der Waals surface area contributed by atoms with E-state index >= 15 is 0 Å². The van der Waals surface area contributed by atoms with Crippen LogP contribution in [0.1, 0.15) is 0 Å². The molecular formula is C9H13F6NO. The van der Waals surface area contributed by atoms with E-state index in [1.165, 1.54) is 0 Å². The molecule has 17 heavy (non-hydrogen) atoms. The molecule has 2 nitrogen and oxygen atoms in total. The Labute approximate surface area is 94.4 Å². The Balaban J connectivity index is 0.00000256. The molecule has 0 aromatic carbocycles. The number of alkyl halides is 5. The average Bonchev–Trinajstić information content (AvgIpc) is 2.26. The van der Waals surface area contributed by atoms with Gasteiger partial charge in [0.1, 0.15) is 0 Å². The Kier molecular flexibility index (Phi) is 5.47. The summed E-state index contributed by atoms with van der Waals surface area (Å²) in [6, 6.07) is 0. The van der Waals surface area contributed by atoms with Gasteiger partial charge in [-0.05, 0) is 6.08 Å². The fourth-order valence-electron chi connectivity index (χ4n) is 1.42. The van der Waals surface area contributed by atoms with E-state index in [1.54, 1.807) is 0 Å². The van der Waals surface area contributed by atoms with E-state index in [1.807, 2.05) is 0 Å². The number of hydrogen-bond donors (Lipinski definition) is 0. The first-order chi connectivity index (χ1) is 7.33. The molecule has 2 atom stereocenters. The monoisotopic (exact) mass is 265 g/mol. The molecule has 0 bridgehead atoms. The number of hydrogen-bond acceptors (Lipinski definition) is 2. The summed E-state index contributed by atoms with van der Waals surface area (Å²) in [4.78, 5) is 0.763. The maximum Gasteiger partial charge on any atom is 0.430 e. The second-order valence-electron chi connectivity index (χ2n) is 3.45. The van der Waals surface area contributed by atoms with Gasteiger partial charge in [-0.15, -0.1) is 0 Å². The van der Waals surface area contributed by atoms with Gasteiger partial charge in [-0.1, -0.05) is 6.58 Å². The lowest BCUT2D eigenvalue weighted by atomic mass is 10.0. The van der Waals surface area contributed by atoms with Gasteiger partial charge in [0.05, 0.1) is 13.2 Å². The molecule has 0 aromatic rings. The van der Waals surface area contributed by atoms with Crippen LogP contribution < -0.4 is 0 Å². The molecule has 1 saturated heterocycles. The summed E-state index contributed by atoms with van der Waals surface area (Å²) in [6.07, 6.45) is -8.13. The van der Waals surface area contributed by atoms with Crippen molar-refractivity contribution in [3.05, 3.63) is 12.7 Å². The van der Waals surface area contributed by atoms with E-state index in [-0.39, 0.29) is 37.1 Å². The van der Waals surface area contributed by atoms with Crippen molar-refractivity contribution in [1.82, 2.24) is 4.90 Å². The number of ether oxygens (including phenoxy) is 1. The smallest absolute Gasteiger partial charge is 0.379 e. The summed E-state index contributed by atoms with van der Waals surface area (Å²) < 4.78 is 69.0. The zero-order valence-corrected chi connectivity index (χ0v) is 8.84. The standard InChI is InChI=1S/C9H12F5NO.FH/c1-2-8(11,9(12,13)14)7(10)15-3-5-16-6-4-15;/h2,7H,1,3-6H2;1H. The van der Waals surface area contributed by atoms with Gasteiger partial charge in [0.25, 0.3) is 5.67 Å². The molecule has 1 aliphatic rings. The number of nitrogens with zero attached hydrogens (tertiary/aromatic N) is 1. The molecule has 102 valence electrons. The van der Waals surface area contributed by atoms with E-state index in [0.29, 0.717) is 0 Å². The molecule has 0 aliphatic carbocycles. The fourth-order valence-corrected chi connectivity index (χ4v) is 1.42. The van der Waals surface area contributed by atoms with Crippen molar-refractivity contribution in [2.24, 2.45) is 0 Å². The van der Waals surface area contributed by atoms with Crippen molar-refractivity contribution in [3.63, 3.8) is 0 Å². The average molecular weight is 265 g/mol. The summed E-state index contributed by atoms with van der Waals surface area (Å²) in [5.74, 6) is 0. The minimum absolute atomic E-state index is 0. The summed E-state index contributed by atoms with van der Waals surface area (Å²) in [5.41, 5.74) is -4.04. The van der Waals surface area contributed by atoms with Crippen LogP contribution >= 0.6 is 0 Å². The number of halogens is 6. The molecule has 0 amide bonds. The zero-order chi connectivity index (χ0) is 12.4. The molecule has 1 rings (SSSR count). The number of rotatable bonds is 3. The molecule has 1 aliphatic heterocycles. The lowest BCUT2D eigenvalue weighted by Crippen LogP contribution is -2.57. The molecule has 0 aromatic heterocycles. The zero-order valence-electron chi connectivity index (χ0n) is 8.84. The van der Waals surface area contributed by atoms with Gasteiger partial charge in [-0.3, -0.25) is 9.60 Å². The first-order valence-electron chi connectivity index (χ1n) is 4.68. The van der Waals surface area contributed by atoms with Crippen LogP contribution in [0.15, 0.2) is 12.7 Å². The normalized spacial score (nSPS) is 23.4. The molecule has 1 heterocycles. The minimum atomic E-state index is -5.31. The summed E-state index contributed by atoms with van der Waals surface area (Å²) >= 11 is 0. The van der Waals surface area contributed by atoms with Crippen LogP contribution in [0.5, 0.6) is 0 Å². The molecular weight excluding hydrogens is 252 g/mol. The second-order valence-corrected chi connectivity index (χ2v) is 3.45. The van der Waals surface area contributed by atoms with Crippen LogP contribution in [0.3, 0.4) is 0 Å². The van der Waals surface area contributed by atoms with Crippen molar-refractivity contribution in [2.45, 2.75) is 18.1 Å². The van der Waals surface area contributed by atoms with Gasteiger partial charge in [0.15, 0.2) is 0 Å². The minimum Gasteiger partial charge on any atom is -0.379 e. The van der Waals surface area contributed by atoms with Crippen LogP contribution in [0.2, 0.25) is 0 Å². The predicted octanol–water partition coefficient (Wildman–Crippen LogP) is 2.22. The van der Waals surface area contributed by atoms with Gasteiger partial charge in [0.2, 0.25) is 6.30 Å². The van der Waals surface area contributed by atoms with Gasteiger partial charge in [0, 0.05) is 13.1 Å². The second kappa shape index (κ2) is 5.72. The van der Waals surface area contributed by atoms with Crippen molar-refractivity contribution in [3.8, 4) is 0 Å².